The van der Waals surface area contributed by atoms with Crippen LogP contribution in [0.5, 0.6) is 0 Å². The number of halogens is 1. The number of likely N-dealkylation sites (tertiary alicyclic amines) is 1. The summed E-state index contributed by atoms with van der Waals surface area (Å²) in [6, 6.07) is 0. The molecule has 0 saturated carbocycles. The number of amides is 1. The summed E-state index contributed by atoms with van der Waals surface area (Å²) in [4.78, 5) is 22.7. The third kappa shape index (κ3) is 2.37. The lowest BCUT2D eigenvalue weighted by molar-refractivity contribution is -0.141. The van der Waals surface area contributed by atoms with Gasteiger partial charge in [-0.25, -0.2) is 0 Å². The average molecular weight is 194 g/mol. The van der Waals surface area contributed by atoms with Crippen molar-refractivity contribution in [2.75, 3.05) is 13.1 Å². The van der Waals surface area contributed by atoms with E-state index in [0.29, 0.717) is 19.5 Å². The minimum Gasteiger partial charge on any atom is -0.481 e. The topological polar surface area (TPSA) is 57.6 Å². The molecule has 1 N–H and O–H groups in total. The maximum Gasteiger partial charge on any atom is 0.308 e. The van der Waals surface area contributed by atoms with E-state index >= 15 is 0 Å². The molecule has 1 aliphatic heterocycles. The van der Waals surface area contributed by atoms with Crippen molar-refractivity contribution in [1.82, 2.24) is 4.90 Å². The van der Waals surface area contributed by atoms with Gasteiger partial charge in [-0.1, -0.05) is 0 Å². The van der Waals surface area contributed by atoms with Crippen LogP contribution in [-0.4, -0.2) is 35.0 Å². The predicted octanol–water partition coefficient (Wildman–Crippen LogP) is 0.361. The van der Waals surface area contributed by atoms with Gasteiger partial charge >= 0.3 is 5.97 Å². The summed E-state index contributed by atoms with van der Waals surface area (Å²) in [5.41, 5.74) is 0. The third-order valence-electron chi connectivity index (χ3n) is 1.98. The molecule has 0 radical (unpaired) electrons. The van der Waals surface area contributed by atoms with Crippen LogP contribution in [0.4, 0.5) is 0 Å². The molecule has 1 amide bonds. The third-order valence-corrected chi connectivity index (χ3v) is 1.98. The molecule has 0 aliphatic carbocycles. The van der Waals surface area contributed by atoms with E-state index in [-0.39, 0.29) is 24.2 Å². The molecule has 5 heteroatoms. The molecule has 1 atom stereocenters. The molecule has 0 aromatic rings. The van der Waals surface area contributed by atoms with Crippen LogP contribution in [0.15, 0.2) is 0 Å². The number of carboxylic acids is 1. The molecule has 1 rings (SSSR count). The summed E-state index contributed by atoms with van der Waals surface area (Å²) >= 11 is 0. The van der Waals surface area contributed by atoms with Crippen LogP contribution in [0.1, 0.15) is 13.3 Å². The monoisotopic (exact) mass is 193 g/mol. The maximum atomic E-state index is 10.7. The summed E-state index contributed by atoms with van der Waals surface area (Å²) < 4.78 is 0. The summed E-state index contributed by atoms with van der Waals surface area (Å²) in [5.74, 6) is -1.18. The molecule has 1 aliphatic rings. The number of hydrogen-bond acceptors (Lipinski definition) is 2. The highest BCUT2D eigenvalue weighted by Crippen LogP contribution is 2.15. The van der Waals surface area contributed by atoms with E-state index in [1.54, 1.807) is 4.90 Å². The Morgan fingerprint density at radius 2 is 2.08 bits per heavy atom. The Balaban J connectivity index is 0.00000121. The van der Waals surface area contributed by atoms with E-state index in [9.17, 15) is 9.59 Å². The van der Waals surface area contributed by atoms with Crippen LogP contribution in [0.2, 0.25) is 0 Å². The smallest absolute Gasteiger partial charge is 0.308 e. The lowest BCUT2D eigenvalue weighted by atomic mass is 10.1. The van der Waals surface area contributed by atoms with Gasteiger partial charge in [0.25, 0.3) is 0 Å². The first-order chi connectivity index (χ1) is 5.11. The van der Waals surface area contributed by atoms with E-state index < -0.39 is 5.97 Å². The summed E-state index contributed by atoms with van der Waals surface area (Å²) in [5, 5.41) is 8.57. The maximum absolute atomic E-state index is 10.7. The van der Waals surface area contributed by atoms with Crippen molar-refractivity contribution in [2.24, 2.45) is 5.92 Å². The number of carbonyl (C=O) groups is 2. The van der Waals surface area contributed by atoms with Crippen molar-refractivity contribution >= 4 is 24.3 Å². The zero-order chi connectivity index (χ0) is 8.43. The Morgan fingerprint density at radius 1 is 1.50 bits per heavy atom. The quantitative estimate of drug-likeness (QED) is 0.654. The predicted molar refractivity (Wildman–Crippen MR) is 45.2 cm³/mol. The van der Waals surface area contributed by atoms with Gasteiger partial charge in [0.1, 0.15) is 0 Å². The molecular formula is C7H12ClNO3. The number of rotatable bonds is 1. The van der Waals surface area contributed by atoms with Crippen LogP contribution in [0.3, 0.4) is 0 Å². The second kappa shape index (κ2) is 4.30. The van der Waals surface area contributed by atoms with Crippen LogP contribution in [0, 0.1) is 5.92 Å². The Labute approximate surface area is 77.0 Å². The highest BCUT2D eigenvalue weighted by atomic mass is 35.5. The SMILES string of the molecule is CC(=O)N1CCC(C(=O)O)C1.Cl. The van der Waals surface area contributed by atoms with Gasteiger partial charge in [0, 0.05) is 20.0 Å². The van der Waals surface area contributed by atoms with Crippen molar-refractivity contribution in [1.29, 1.82) is 0 Å². The Bertz CT molecular complexity index is 175. The van der Waals surface area contributed by atoms with Gasteiger partial charge in [-0.3, -0.25) is 9.59 Å². The first-order valence-electron chi connectivity index (χ1n) is 3.59. The minimum atomic E-state index is -0.797. The molecule has 0 aromatic heterocycles. The zero-order valence-electron chi connectivity index (χ0n) is 6.82. The molecule has 12 heavy (non-hydrogen) atoms. The molecule has 0 bridgehead atoms. The van der Waals surface area contributed by atoms with E-state index in [4.69, 9.17) is 5.11 Å². The second-order valence-corrected chi connectivity index (χ2v) is 2.79. The molecule has 70 valence electrons. The number of hydrogen-bond donors (Lipinski definition) is 1. The molecule has 1 saturated heterocycles. The lowest BCUT2D eigenvalue weighted by Crippen LogP contribution is -2.27. The highest BCUT2D eigenvalue weighted by molar-refractivity contribution is 5.85. The molecule has 1 fully saturated rings. The first kappa shape index (κ1) is 11.2. The van der Waals surface area contributed by atoms with Crippen molar-refractivity contribution in [3.63, 3.8) is 0 Å². The number of carbonyl (C=O) groups excluding carboxylic acids is 1. The van der Waals surface area contributed by atoms with Crippen LogP contribution < -0.4 is 0 Å². The zero-order valence-corrected chi connectivity index (χ0v) is 7.63. The second-order valence-electron chi connectivity index (χ2n) is 2.79. The highest BCUT2D eigenvalue weighted by Gasteiger charge is 2.28. The number of carboxylic acid groups (broad SMARTS) is 1. The van der Waals surface area contributed by atoms with E-state index in [1.165, 1.54) is 6.92 Å². The molecular weight excluding hydrogens is 182 g/mol. The average Bonchev–Trinajstić information content (AvgIpc) is 2.33. The van der Waals surface area contributed by atoms with Crippen molar-refractivity contribution in [3.05, 3.63) is 0 Å². The molecule has 1 heterocycles. The molecule has 0 aromatic carbocycles. The van der Waals surface area contributed by atoms with E-state index in [0.717, 1.165) is 0 Å². The van der Waals surface area contributed by atoms with E-state index in [2.05, 4.69) is 0 Å². The van der Waals surface area contributed by atoms with Gasteiger partial charge in [0.2, 0.25) is 5.91 Å². The van der Waals surface area contributed by atoms with Crippen molar-refractivity contribution in [2.45, 2.75) is 13.3 Å². The normalized spacial score (nSPS) is 21.8. The number of aliphatic carboxylic acids is 1. The number of nitrogens with zero attached hydrogens (tertiary/aromatic N) is 1. The molecule has 1 unspecified atom stereocenters. The van der Waals surface area contributed by atoms with Gasteiger partial charge in [-0.05, 0) is 6.42 Å². The van der Waals surface area contributed by atoms with Gasteiger partial charge in [0.15, 0.2) is 0 Å². The van der Waals surface area contributed by atoms with E-state index in [1.807, 2.05) is 0 Å². The lowest BCUT2D eigenvalue weighted by Gasteiger charge is -2.11. The fourth-order valence-corrected chi connectivity index (χ4v) is 1.25. The fourth-order valence-electron chi connectivity index (χ4n) is 1.25. The summed E-state index contributed by atoms with van der Waals surface area (Å²) in [6.07, 6.45) is 0.592. The Kier molecular flexibility index (Phi) is 4.03. The van der Waals surface area contributed by atoms with Crippen LogP contribution >= 0.6 is 12.4 Å². The van der Waals surface area contributed by atoms with Crippen LogP contribution in [-0.2, 0) is 9.59 Å². The van der Waals surface area contributed by atoms with Crippen LogP contribution in [0.25, 0.3) is 0 Å². The standard InChI is InChI=1S/C7H11NO3.ClH/c1-5(9)8-3-2-6(4-8)7(10)11;/h6H,2-4H2,1H3,(H,10,11);1H. The first-order valence-corrected chi connectivity index (χ1v) is 3.59. The van der Waals surface area contributed by atoms with Gasteiger partial charge in [0.05, 0.1) is 5.92 Å². The van der Waals surface area contributed by atoms with Gasteiger partial charge in [-0.2, -0.15) is 0 Å². The Hall–Kier alpha value is -0.770. The fraction of sp³-hybridized carbons (Fsp3) is 0.714. The molecule has 4 nitrogen and oxygen atoms in total. The Morgan fingerprint density at radius 3 is 2.33 bits per heavy atom. The van der Waals surface area contributed by atoms with Gasteiger partial charge < -0.3 is 10.0 Å². The summed E-state index contributed by atoms with van der Waals surface area (Å²) in [7, 11) is 0. The van der Waals surface area contributed by atoms with Gasteiger partial charge in [-0.15, -0.1) is 12.4 Å². The van der Waals surface area contributed by atoms with Crippen molar-refractivity contribution in [3.8, 4) is 0 Å². The molecule has 0 spiro atoms. The summed E-state index contributed by atoms with van der Waals surface area (Å²) in [6.45, 7) is 2.43. The largest absolute Gasteiger partial charge is 0.481 e. The minimum absolute atomic E-state index is 0. The van der Waals surface area contributed by atoms with Crippen molar-refractivity contribution < 1.29 is 14.7 Å².